The summed E-state index contributed by atoms with van der Waals surface area (Å²) in [7, 11) is 0. The van der Waals surface area contributed by atoms with Crippen molar-refractivity contribution in [2.45, 2.75) is 38.5 Å². The second-order valence-electron chi connectivity index (χ2n) is 13.2. The van der Waals surface area contributed by atoms with E-state index in [0.717, 1.165) is 102 Å². The maximum Gasteiger partial charge on any atom is 0.328 e. The number of imide groups is 1. The number of pyridine rings is 1. The summed E-state index contributed by atoms with van der Waals surface area (Å²) >= 11 is 0. The van der Waals surface area contributed by atoms with E-state index >= 15 is 0 Å². The molecule has 0 radical (unpaired) electrons. The molecule has 258 valence electrons. The molecule has 15 heteroatoms. The van der Waals surface area contributed by atoms with Crippen molar-refractivity contribution >= 4 is 52.5 Å². The molecule has 0 spiro atoms. The molecule has 0 atom stereocenters. The summed E-state index contributed by atoms with van der Waals surface area (Å²) in [5, 5.41) is 13.8. The van der Waals surface area contributed by atoms with Crippen LogP contribution in [0, 0.1) is 5.92 Å². The fraction of sp³-hybridized carbons (Fsp3) is 0.500. The minimum atomic E-state index is -0.682. The fourth-order valence-electron chi connectivity index (χ4n) is 7.13. The number of urea groups is 1. The number of benzene rings is 1. The summed E-state index contributed by atoms with van der Waals surface area (Å²) in [5.74, 6) is 1.47. The highest BCUT2D eigenvalue weighted by Crippen LogP contribution is 2.27. The number of piperidine rings is 2. The number of carbonyl (C=O) groups is 3. The van der Waals surface area contributed by atoms with Crippen LogP contribution in [0.15, 0.2) is 42.6 Å². The molecule has 3 aromatic rings. The lowest BCUT2D eigenvalue weighted by molar-refractivity contribution is -0.120. The molecule has 4 fully saturated rings. The molecule has 0 bridgehead atoms. The highest BCUT2D eigenvalue weighted by Gasteiger charge is 2.27. The highest BCUT2D eigenvalue weighted by molar-refractivity contribution is 6.05. The Hall–Kier alpha value is -5.05. The molecule has 4 amide bonds. The highest BCUT2D eigenvalue weighted by atomic mass is 16.2. The fourth-order valence-corrected chi connectivity index (χ4v) is 7.13. The first kappa shape index (κ1) is 32.5. The molecule has 15 nitrogen and oxygen atoms in total. The Kier molecular flexibility index (Phi) is 9.68. The predicted octanol–water partition coefficient (Wildman–Crippen LogP) is 2.58. The van der Waals surface area contributed by atoms with Gasteiger partial charge in [-0.3, -0.25) is 24.7 Å². The second-order valence-corrected chi connectivity index (χ2v) is 13.2. The van der Waals surface area contributed by atoms with Crippen molar-refractivity contribution in [1.29, 1.82) is 0 Å². The number of hydrogen-bond acceptors (Lipinski definition) is 12. The number of piperazine rings is 1. The molecule has 4 saturated heterocycles. The molecular formula is C34H44N12O3. The summed E-state index contributed by atoms with van der Waals surface area (Å²) in [6.07, 6.45) is 7.66. The number of carbonyl (C=O) groups excluding carboxylic acids is 3. The van der Waals surface area contributed by atoms with Gasteiger partial charge >= 0.3 is 6.03 Å². The van der Waals surface area contributed by atoms with E-state index in [9.17, 15) is 14.4 Å². The summed E-state index contributed by atoms with van der Waals surface area (Å²) in [5.41, 5.74) is 8.24. The predicted molar refractivity (Wildman–Crippen MR) is 187 cm³/mol. The first-order chi connectivity index (χ1) is 23.9. The van der Waals surface area contributed by atoms with Crippen molar-refractivity contribution in [2.75, 3.05) is 90.4 Å². The molecule has 6 heterocycles. The van der Waals surface area contributed by atoms with Gasteiger partial charge < -0.3 is 25.8 Å². The first-order valence-corrected chi connectivity index (χ1v) is 17.4. The van der Waals surface area contributed by atoms with Crippen molar-refractivity contribution in [2.24, 2.45) is 11.7 Å². The Labute approximate surface area is 285 Å². The van der Waals surface area contributed by atoms with Gasteiger partial charge in [0.1, 0.15) is 5.82 Å². The van der Waals surface area contributed by atoms with Crippen molar-refractivity contribution in [3.05, 3.63) is 48.3 Å². The third-order valence-corrected chi connectivity index (χ3v) is 9.97. The van der Waals surface area contributed by atoms with Gasteiger partial charge in [0, 0.05) is 83.2 Å². The van der Waals surface area contributed by atoms with Crippen LogP contribution in [0.2, 0.25) is 0 Å². The van der Waals surface area contributed by atoms with Crippen molar-refractivity contribution in [3.63, 3.8) is 0 Å². The van der Waals surface area contributed by atoms with E-state index in [4.69, 9.17) is 10.7 Å². The van der Waals surface area contributed by atoms with Crippen LogP contribution < -0.4 is 36.0 Å². The zero-order valence-electron chi connectivity index (χ0n) is 27.8. The smallest absolute Gasteiger partial charge is 0.328 e. The quantitative estimate of drug-likeness (QED) is 0.305. The molecular weight excluding hydrogens is 624 g/mol. The van der Waals surface area contributed by atoms with Crippen molar-refractivity contribution < 1.29 is 14.4 Å². The third-order valence-electron chi connectivity index (χ3n) is 9.97. The van der Waals surface area contributed by atoms with E-state index in [1.807, 2.05) is 24.3 Å². The third kappa shape index (κ3) is 7.66. The average Bonchev–Trinajstić information content (AvgIpc) is 3.13. The first-order valence-electron chi connectivity index (χ1n) is 17.4. The van der Waals surface area contributed by atoms with Crippen LogP contribution in [-0.2, 0) is 4.79 Å². The summed E-state index contributed by atoms with van der Waals surface area (Å²) in [6.45, 7) is 9.14. The van der Waals surface area contributed by atoms with Gasteiger partial charge in [-0.05, 0) is 74.4 Å². The Bertz CT molecular complexity index is 1630. The van der Waals surface area contributed by atoms with Crippen molar-refractivity contribution in [1.82, 2.24) is 30.4 Å². The number of nitrogens with zero attached hydrogens (tertiary/aromatic N) is 9. The Morgan fingerprint density at radius 1 is 0.816 bits per heavy atom. The van der Waals surface area contributed by atoms with Gasteiger partial charge in [0.05, 0.1) is 11.9 Å². The van der Waals surface area contributed by atoms with Gasteiger partial charge in [-0.15, -0.1) is 10.2 Å². The number of anilines is 6. The van der Waals surface area contributed by atoms with E-state index in [1.165, 1.54) is 6.42 Å². The maximum absolute atomic E-state index is 12.2. The molecule has 4 aliphatic heterocycles. The van der Waals surface area contributed by atoms with Crippen LogP contribution in [0.3, 0.4) is 0 Å². The van der Waals surface area contributed by atoms with Crippen LogP contribution in [0.5, 0.6) is 0 Å². The average molecular weight is 669 g/mol. The molecule has 0 saturated carbocycles. The van der Waals surface area contributed by atoms with Gasteiger partial charge in [-0.1, -0.05) is 0 Å². The number of amides is 4. The van der Waals surface area contributed by atoms with Gasteiger partial charge in [0.25, 0.3) is 5.91 Å². The second kappa shape index (κ2) is 14.6. The minimum absolute atomic E-state index is 0.00683. The molecule has 7 rings (SSSR count). The normalized spacial score (nSPS) is 19.6. The lowest BCUT2D eigenvalue weighted by Crippen LogP contribution is -2.49. The van der Waals surface area contributed by atoms with Crippen LogP contribution in [0.4, 0.5) is 39.4 Å². The maximum atomic E-state index is 12.2. The van der Waals surface area contributed by atoms with Crippen LogP contribution in [0.1, 0.15) is 49.0 Å². The zero-order chi connectivity index (χ0) is 33.7. The van der Waals surface area contributed by atoms with Crippen LogP contribution in [0.25, 0.3) is 0 Å². The van der Waals surface area contributed by atoms with Crippen LogP contribution in [-0.4, -0.2) is 108 Å². The number of hydrogen-bond donors (Lipinski definition) is 3. The Morgan fingerprint density at radius 3 is 2.22 bits per heavy atom. The van der Waals surface area contributed by atoms with Gasteiger partial charge in [0.2, 0.25) is 11.9 Å². The molecule has 4 aliphatic rings. The Morgan fingerprint density at radius 2 is 1.55 bits per heavy atom. The molecule has 4 N–H and O–H groups in total. The van der Waals surface area contributed by atoms with Gasteiger partial charge in [-0.25, -0.2) is 9.78 Å². The minimum Gasteiger partial charge on any atom is -0.369 e. The molecule has 49 heavy (non-hydrogen) atoms. The number of nitrogens with one attached hydrogen (secondary N) is 2. The number of nitrogens with two attached hydrogens (primary N) is 1. The van der Waals surface area contributed by atoms with E-state index in [1.54, 1.807) is 11.1 Å². The van der Waals surface area contributed by atoms with Crippen LogP contribution >= 0.6 is 0 Å². The number of primary amides is 1. The van der Waals surface area contributed by atoms with Gasteiger partial charge in [0.15, 0.2) is 11.5 Å². The topological polar surface area (TPSA) is 169 Å². The lowest BCUT2D eigenvalue weighted by Gasteiger charge is -2.40. The largest absolute Gasteiger partial charge is 0.369 e. The number of rotatable bonds is 9. The van der Waals surface area contributed by atoms with E-state index in [2.05, 4.69) is 57.5 Å². The SMILES string of the molecule is NC(=O)c1nnc(N2CCCCC2)nc1Nc1ccc(N2CCC(CN3CCN(c4ccc(N5CCC(=O)NC5=O)cc4)CC3)CC2)nc1. The Balaban J connectivity index is 0.868. The standard InChI is InChI=1S/C34H44N12O3/c35-31(48)30-32(39-33(41-40-30)45-13-2-1-3-14-45)37-25-4-9-28(36-22-25)44-15-10-24(11-16-44)23-42-18-20-43(21-19-42)26-5-7-27(8-6-26)46-17-12-29(47)38-34(46)49/h4-9,22,24H,1-3,10-21,23H2,(H2,35,48)(H,37,39,41)(H,38,47,49). The lowest BCUT2D eigenvalue weighted by atomic mass is 9.96. The molecule has 1 aromatic carbocycles. The summed E-state index contributed by atoms with van der Waals surface area (Å²) in [6, 6.07) is 11.7. The summed E-state index contributed by atoms with van der Waals surface area (Å²) < 4.78 is 0. The monoisotopic (exact) mass is 668 g/mol. The van der Waals surface area contributed by atoms with E-state index in [-0.39, 0.29) is 17.6 Å². The van der Waals surface area contributed by atoms with Gasteiger partial charge in [-0.2, -0.15) is 4.98 Å². The van der Waals surface area contributed by atoms with Crippen molar-refractivity contribution in [3.8, 4) is 0 Å². The molecule has 0 aliphatic carbocycles. The van der Waals surface area contributed by atoms with E-state index < -0.39 is 5.91 Å². The molecule has 2 aromatic heterocycles. The zero-order valence-corrected chi connectivity index (χ0v) is 27.8. The molecule has 0 unspecified atom stereocenters. The number of aromatic nitrogens is 4. The van der Waals surface area contributed by atoms with E-state index in [0.29, 0.717) is 36.3 Å². The summed E-state index contributed by atoms with van der Waals surface area (Å²) in [4.78, 5) is 56.0.